The van der Waals surface area contributed by atoms with Crippen molar-refractivity contribution in [2.24, 2.45) is 4.99 Å². The fourth-order valence-corrected chi connectivity index (χ4v) is 3.24. The topological polar surface area (TPSA) is 69.1 Å². The Kier molecular flexibility index (Phi) is 12.2. The van der Waals surface area contributed by atoms with Gasteiger partial charge in [0, 0.05) is 18.7 Å². The van der Waals surface area contributed by atoms with Gasteiger partial charge in [0.05, 0.1) is 13.7 Å². The van der Waals surface area contributed by atoms with Crippen LogP contribution in [0, 0.1) is 0 Å². The minimum atomic E-state index is 0. The van der Waals surface area contributed by atoms with Crippen LogP contribution in [0.2, 0.25) is 0 Å². The molecule has 0 aromatic heterocycles. The minimum Gasteiger partial charge on any atom is -0.504 e. The zero-order valence-corrected chi connectivity index (χ0v) is 19.0. The van der Waals surface area contributed by atoms with Crippen LogP contribution in [0.5, 0.6) is 11.5 Å². The summed E-state index contributed by atoms with van der Waals surface area (Å²) in [6.45, 7) is 7.78. The van der Waals surface area contributed by atoms with Crippen LogP contribution in [0.1, 0.15) is 44.6 Å². The summed E-state index contributed by atoms with van der Waals surface area (Å²) in [4.78, 5) is 7.16. The Morgan fingerprint density at radius 3 is 2.59 bits per heavy atom. The monoisotopic (exact) mass is 490 g/mol. The van der Waals surface area contributed by atoms with E-state index in [4.69, 9.17) is 4.74 Å². The summed E-state index contributed by atoms with van der Waals surface area (Å²) in [6, 6.07) is 5.48. The molecule has 1 aliphatic rings. The molecule has 0 unspecified atom stereocenters. The SMILES string of the molecule is CCNC(=NCc1cccc(OC)c1O)NCCCN1CCCCCC1.I. The van der Waals surface area contributed by atoms with E-state index in [1.165, 1.54) is 38.8 Å². The predicted molar refractivity (Wildman–Crippen MR) is 122 cm³/mol. The molecular weight excluding hydrogens is 455 g/mol. The van der Waals surface area contributed by atoms with Crippen molar-refractivity contribution in [2.45, 2.75) is 45.6 Å². The van der Waals surface area contributed by atoms with Gasteiger partial charge in [-0.25, -0.2) is 4.99 Å². The van der Waals surface area contributed by atoms with Gasteiger partial charge in [0.1, 0.15) is 0 Å². The number of hydrogen-bond acceptors (Lipinski definition) is 4. The van der Waals surface area contributed by atoms with Gasteiger partial charge in [0.15, 0.2) is 17.5 Å². The summed E-state index contributed by atoms with van der Waals surface area (Å²) >= 11 is 0. The molecule has 3 N–H and O–H groups in total. The number of likely N-dealkylation sites (tertiary alicyclic amines) is 1. The number of aliphatic imine (C=N–C) groups is 1. The Hall–Kier alpha value is -1.22. The predicted octanol–water partition coefficient (Wildman–Crippen LogP) is 3.34. The van der Waals surface area contributed by atoms with E-state index in [1.807, 2.05) is 12.1 Å². The van der Waals surface area contributed by atoms with Crippen molar-refractivity contribution in [1.29, 1.82) is 0 Å². The van der Waals surface area contributed by atoms with Gasteiger partial charge in [0.25, 0.3) is 0 Å². The fourth-order valence-electron chi connectivity index (χ4n) is 3.24. The van der Waals surface area contributed by atoms with Crippen molar-refractivity contribution in [1.82, 2.24) is 15.5 Å². The molecule has 0 spiro atoms. The first-order valence-corrected chi connectivity index (χ1v) is 9.84. The summed E-state index contributed by atoms with van der Waals surface area (Å²) in [5, 5.41) is 16.8. The molecule has 154 valence electrons. The molecule has 1 aromatic carbocycles. The lowest BCUT2D eigenvalue weighted by Gasteiger charge is -2.20. The molecule has 0 saturated carbocycles. The van der Waals surface area contributed by atoms with Crippen LogP contribution in [-0.2, 0) is 6.54 Å². The molecule has 0 bridgehead atoms. The number of guanidine groups is 1. The van der Waals surface area contributed by atoms with Crippen LogP contribution >= 0.6 is 24.0 Å². The molecule has 1 fully saturated rings. The van der Waals surface area contributed by atoms with Crippen molar-refractivity contribution in [3.8, 4) is 11.5 Å². The largest absolute Gasteiger partial charge is 0.504 e. The van der Waals surface area contributed by atoms with Crippen LogP contribution in [0.15, 0.2) is 23.2 Å². The lowest BCUT2D eigenvalue weighted by molar-refractivity contribution is 0.282. The van der Waals surface area contributed by atoms with E-state index in [0.717, 1.165) is 37.6 Å². The maximum atomic E-state index is 10.2. The number of phenols is 1. The maximum absolute atomic E-state index is 10.2. The molecule has 1 aliphatic heterocycles. The first-order chi connectivity index (χ1) is 12.7. The molecule has 7 heteroatoms. The molecule has 0 amide bonds. The third kappa shape index (κ3) is 8.55. The highest BCUT2D eigenvalue weighted by Crippen LogP contribution is 2.29. The Bertz CT molecular complexity index is 561. The standard InChI is InChI=1S/C20H34N4O2.HI/c1-3-21-20(22-12-9-15-24-13-6-4-5-7-14-24)23-16-17-10-8-11-18(26-2)19(17)25;/h8,10-11,25H,3-7,9,12-16H2,1-2H3,(H2,21,22,23);1H. The lowest BCUT2D eigenvalue weighted by Crippen LogP contribution is -2.39. The Labute approximate surface area is 180 Å². The van der Waals surface area contributed by atoms with Crippen molar-refractivity contribution >= 4 is 29.9 Å². The van der Waals surface area contributed by atoms with E-state index in [0.29, 0.717) is 12.3 Å². The summed E-state index contributed by atoms with van der Waals surface area (Å²) in [6.07, 6.45) is 6.53. The molecule has 1 heterocycles. The van der Waals surface area contributed by atoms with Crippen molar-refractivity contribution < 1.29 is 9.84 Å². The molecule has 2 rings (SSSR count). The van der Waals surface area contributed by atoms with Gasteiger partial charge in [-0.15, -0.1) is 24.0 Å². The number of hydrogen-bond donors (Lipinski definition) is 3. The third-order valence-corrected chi connectivity index (χ3v) is 4.70. The first kappa shape index (κ1) is 23.8. The zero-order chi connectivity index (χ0) is 18.6. The van der Waals surface area contributed by atoms with Gasteiger partial charge in [-0.3, -0.25) is 0 Å². The summed E-state index contributed by atoms with van der Waals surface area (Å²) in [5.41, 5.74) is 0.756. The first-order valence-electron chi connectivity index (χ1n) is 9.84. The summed E-state index contributed by atoms with van der Waals surface area (Å²) < 4.78 is 5.15. The van der Waals surface area contributed by atoms with Crippen LogP contribution < -0.4 is 15.4 Å². The number of rotatable bonds is 8. The normalized spacial score (nSPS) is 15.6. The molecule has 1 saturated heterocycles. The Balaban J connectivity index is 0.00000364. The highest BCUT2D eigenvalue weighted by atomic mass is 127. The van der Waals surface area contributed by atoms with Gasteiger partial charge in [-0.05, 0) is 51.9 Å². The Morgan fingerprint density at radius 2 is 1.93 bits per heavy atom. The summed E-state index contributed by atoms with van der Waals surface area (Å²) in [7, 11) is 1.55. The number of nitrogens with zero attached hydrogens (tertiary/aromatic N) is 2. The van der Waals surface area contributed by atoms with Gasteiger partial charge in [-0.1, -0.05) is 25.0 Å². The smallest absolute Gasteiger partial charge is 0.191 e. The van der Waals surface area contributed by atoms with E-state index in [1.54, 1.807) is 13.2 Å². The van der Waals surface area contributed by atoms with Crippen molar-refractivity contribution in [3.63, 3.8) is 0 Å². The second kappa shape index (κ2) is 13.9. The average molecular weight is 490 g/mol. The van der Waals surface area contributed by atoms with E-state index in [-0.39, 0.29) is 29.7 Å². The van der Waals surface area contributed by atoms with E-state index < -0.39 is 0 Å². The minimum absolute atomic E-state index is 0. The van der Waals surface area contributed by atoms with E-state index >= 15 is 0 Å². The van der Waals surface area contributed by atoms with Gasteiger partial charge >= 0.3 is 0 Å². The fraction of sp³-hybridized carbons (Fsp3) is 0.650. The molecule has 0 radical (unpaired) electrons. The van der Waals surface area contributed by atoms with Crippen LogP contribution in [0.25, 0.3) is 0 Å². The van der Waals surface area contributed by atoms with Crippen molar-refractivity contribution in [2.75, 3.05) is 39.8 Å². The van der Waals surface area contributed by atoms with E-state index in [9.17, 15) is 5.11 Å². The number of ether oxygens (including phenoxy) is 1. The third-order valence-electron chi connectivity index (χ3n) is 4.70. The number of aromatic hydroxyl groups is 1. The molecule has 1 aromatic rings. The Morgan fingerprint density at radius 1 is 1.19 bits per heavy atom. The second-order valence-corrected chi connectivity index (χ2v) is 6.70. The number of methoxy groups -OCH3 is 1. The molecular formula is C20H35IN4O2. The molecule has 27 heavy (non-hydrogen) atoms. The number of benzene rings is 1. The molecule has 0 aliphatic carbocycles. The zero-order valence-electron chi connectivity index (χ0n) is 16.7. The number of nitrogens with one attached hydrogen (secondary N) is 2. The average Bonchev–Trinajstić information content (AvgIpc) is 2.93. The van der Waals surface area contributed by atoms with Crippen LogP contribution in [0.4, 0.5) is 0 Å². The van der Waals surface area contributed by atoms with Crippen LogP contribution in [-0.4, -0.2) is 55.8 Å². The van der Waals surface area contributed by atoms with E-state index in [2.05, 4.69) is 27.4 Å². The second-order valence-electron chi connectivity index (χ2n) is 6.70. The molecule has 0 atom stereocenters. The number of halogens is 1. The molecule has 6 nitrogen and oxygen atoms in total. The van der Waals surface area contributed by atoms with Gasteiger partial charge < -0.3 is 25.4 Å². The van der Waals surface area contributed by atoms with Crippen LogP contribution in [0.3, 0.4) is 0 Å². The number of para-hydroxylation sites is 1. The highest BCUT2D eigenvalue weighted by molar-refractivity contribution is 14.0. The highest BCUT2D eigenvalue weighted by Gasteiger charge is 2.09. The van der Waals surface area contributed by atoms with Gasteiger partial charge in [-0.2, -0.15) is 0 Å². The number of phenolic OH excluding ortho intramolecular Hbond substituents is 1. The maximum Gasteiger partial charge on any atom is 0.191 e. The quantitative estimate of drug-likeness (QED) is 0.226. The lowest BCUT2D eigenvalue weighted by atomic mass is 10.2. The van der Waals surface area contributed by atoms with Crippen molar-refractivity contribution in [3.05, 3.63) is 23.8 Å². The van der Waals surface area contributed by atoms with Gasteiger partial charge in [0.2, 0.25) is 0 Å². The summed E-state index contributed by atoms with van der Waals surface area (Å²) in [5.74, 6) is 1.43.